The minimum absolute atomic E-state index is 0.534. The van der Waals surface area contributed by atoms with Gasteiger partial charge in [-0.1, -0.05) is 0 Å². The van der Waals surface area contributed by atoms with Gasteiger partial charge in [-0.2, -0.15) is 0 Å². The van der Waals surface area contributed by atoms with Crippen LogP contribution < -0.4 is 0 Å². The number of hydrogen-bond donors (Lipinski definition) is 2. The topological polar surface area (TPSA) is 87.0 Å². The van der Waals surface area contributed by atoms with Gasteiger partial charge in [0, 0.05) is 13.5 Å². The monoisotopic (exact) mass is 161 g/mol. The number of aliphatic imine (C=N–C) groups is 1. The average molecular weight is 161 g/mol. The van der Waals surface area contributed by atoms with E-state index in [0.717, 1.165) is 13.1 Å². The van der Waals surface area contributed by atoms with E-state index in [0.29, 0.717) is 6.54 Å². The van der Waals surface area contributed by atoms with E-state index in [2.05, 4.69) is 4.99 Å². The first-order valence-electron chi connectivity index (χ1n) is 2.93. The van der Waals surface area contributed by atoms with Crippen LogP contribution in [-0.2, 0) is 9.59 Å². The fourth-order valence-electron chi connectivity index (χ4n) is 0.169. The predicted molar refractivity (Wildman–Crippen MR) is 40.0 cm³/mol. The lowest BCUT2D eigenvalue weighted by Crippen LogP contribution is -1.94. The fraction of sp³-hybridized carbons (Fsp3) is 0.500. The Hall–Kier alpha value is -1.39. The molecule has 0 aliphatic rings. The largest absolute Gasteiger partial charge is 0.481 e. The Labute approximate surface area is 64.4 Å². The van der Waals surface area contributed by atoms with Gasteiger partial charge in [-0.25, -0.2) is 4.79 Å². The number of carboxylic acid groups (broad SMARTS) is 2. The highest BCUT2D eigenvalue weighted by atomic mass is 16.4. The standard InChI is InChI=1S/C4H7NO2.C2H4O2/c1-2-5-3-4(6)7;1-2(3)4/h3H,2H2,1H3,(H,6,7);1H3,(H,3,4). The summed E-state index contributed by atoms with van der Waals surface area (Å²) >= 11 is 0. The molecule has 0 aromatic heterocycles. The lowest BCUT2D eigenvalue weighted by Gasteiger charge is -1.74. The number of rotatable bonds is 2. The van der Waals surface area contributed by atoms with Crippen LogP contribution in [0.1, 0.15) is 13.8 Å². The summed E-state index contributed by atoms with van der Waals surface area (Å²) in [6, 6.07) is 0. The second kappa shape index (κ2) is 8.61. The van der Waals surface area contributed by atoms with Crippen LogP contribution in [0.5, 0.6) is 0 Å². The third-order valence-electron chi connectivity index (χ3n) is 0.384. The maximum Gasteiger partial charge on any atom is 0.346 e. The molecule has 0 atom stereocenters. The molecule has 0 fully saturated rings. The predicted octanol–water partition coefficient (Wildman–Crippen LogP) is 0.253. The molecule has 11 heavy (non-hydrogen) atoms. The summed E-state index contributed by atoms with van der Waals surface area (Å²) in [6.07, 6.45) is 0.889. The highest BCUT2D eigenvalue weighted by molar-refractivity contribution is 6.21. The summed E-state index contributed by atoms with van der Waals surface area (Å²) in [6.45, 7) is 3.39. The lowest BCUT2D eigenvalue weighted by molar-refractivity contribution is -0.134. The summed E-state index contributed by atoms with van der Waals surface area (Å²) in [7, 11) is 0. The average Bonchev–Trinajstić information content (AvgIpc) is 1.82. The molecule has 0 heterocycles. The number of nitrogens with zero attached hydrogens (tertiary/aromatic N) is 1. The van der Waals surface area contributed by atoms with Gasteiger partial charge < -0.3 is 10.2 Å². The molecule has 0 amide bonds. The number of carboxylic acids is 2. The molecular formula is C6H11NO4. The van der Waals surface area contributed by atoms with Gasteiger partial charge in [-0.15, -0.1) is 0 Å². The van der Waals surface area contributed by atoms with E-state index in [-0.39, 0.29) is 0 Å². The highest BCUT2D eigenvalue weighted by Gasteiger charge is 1.80. The van der Waals surface area contributed by atoms with E-state index in [1.165, 1.54) is 0 Å². The third kappa shape index (κ3) is 55.2. The smallest absolute Gasteiger partial charge is 0.346 e. The quantitative estimate of drug-likeness (QED) is 0.568. The van der Waals surface area contributed by atoms with E-state index < -0.39 is 11.9 Å². The molecule has 2 N–H and O–H groups in total. The molecular weight excluding hydrogens is 150 g/mol. The van der Waals surface area contributed by atoms with Gasteiger partial charge in [-0.05, 0) is 6.92 Å². The molecule has 5 heteroatoms. The van der Waals surface area contributed by atoms with Crippen LogP contribution in [0.4, 0.5) is 0 Å². The van der Waals surface area contributed by atoms with Crippen molar-refractivity contribution in [1.29, 1.82) is 0 Å². The summed E-state index contributed by atoms with van der Waals surface area (Å²) in [4.78, 5) is 22.1. The maximum atomic E-state index is 9.61. The molecule has 0 rings (SSSR count). The molecule has 0 radical (unpaired) electrons. The van der Waals surface area contributed by atoms with Crippen LogP contribution in [0, 0.1) is 0 Å². The normalized spacial score (nSPS) is 8.55. The van der Waals surface area contributed by atoms with Crippen LogP contribution in [0.2, 0.25) is 0 Å². The third-order valence-corrected chi connectivity index (χ3v) is 0.384. The first-order valence-corrected chi connectivity index (χ1v) is 2.93. The van der Waals surface area contributed by atoms with Crippen LogP contribution in [-0.4, -0.2) is 34.9 Å². The van der Waals surface area contributed by atoms with Crippen molar-refractivity contribution in [3.63, 3.8) is 0 Å². The van der Waals surface area contributed by atoms with Gasteiger partial charge in [-0.3, -0.25) is 9.79 Å². The van der Waals surface area contributed by atoms with Crippen molar-refractivity contribution in [2.24, 2.45) is 4.99 Å². The molecule has 0 saturated carbocycles. The Morgan fingerprint density at radius 3 is 1.91 bits per heavy atom. The zero-order chi connectivity index (χ0) is 9.28. The fourth-order valence-corrected chi connectivity index (χ4v) is 0.169. The number of hydrogen-bond acceptors (Lipinski definition) is 3. The van der Waals surface area contributed by atoms with Crippen molar-refractivity contribution in [1.82, 2.24) is 0 Å². The molecule has 0 aromatic carbocycles. The molecule has 0 saturated heterocycles. The highest BCUT2D eigenvalue weighted by Crippen LogP contribution is 1.61. The molecule has 0 spiro atoms. The van der Waals surface area contributed by atoms with Gasteiger partial charge in [0.2, 0.25) is 0 Å². The van der Waals surface area contributed by atoms with Gasteiger partial charge in [0.25, 0.3) is 5.97 Å². The molecule has 5 nitrogen and oxygen atoms in total. The molecule has 0 bridgehead atoms. The molecule has 0 aliphatic carbocycles. The molecule has 0 aliphatic heterocycles. The van der Waals surface area contributed by atoms with E-state index in [9.17, 15) is 4.79 Å². The Kier molecular flexibility index (Phi) is 9.63. The second-order valence-corrected chi connectivity index (χ2v) is 1.49. The molecule has 0 aromatic rings. The van der Waals surface area contributed by atoms with Crippen molar-refractivity contribution in [3.05, 3.63) is 0 Å². The first kappa shape index (κ1) is 12.3. The van der Waals surface area contributed by atoms with Gasteiger partial charge in [0.15, 0.2) is 0 Å². The number of aliphatic carboxylic acids is 2. The SMILES string of the molecule is CC(=O)O.CCN=CC(=O)O. The van der Waals surface area contributed by atoms with E-state index in [1.54, 1.807) is 6.92 Å². The summed E-state index contributed by atoms with van der Waals surface area (Å²) in [5.74, 6) is -1.82. The summed E-state index contributed by atoms with van der Waals surface area (Å²) < 4.78 is 0. The van der Waals surface area contributed by atoms with Crippen LogP contribution in [0.3, 0.4) is 0 Å². The minimum atomic E-state index is -0.984. The van der Waals surface area contributed by atoms with Crippen molar-refractivity contribution in [2.45, 2.75) is 13.8 Å². The van der Waals surface area contributed by atoms with Gasteiger partial charge in [0.05, 0.1) is 0 Å². The summed E-state index contributed by atoms with van der Waals surface area (Å²) in [5.41, 5.74) is 0. The van der Waals surface area contributed by atoms with Crippen LogP contribution in [0.15, 0.2) is 4.99 Å². The van der Waals surface area contributed by atoms with Crippen molar-refractivity contribution in [3.8, 4) is 0 Å². The Balaban J connectivity index is 0. The lowest BCUT2D eigenvalue weighted by atomic mass is 10.7. The van der Waals surface area contributed by atoms with Crippen molar-refractivity contribution in [2.75, 3.05) is 6.54 Å². The second-order valence-electron chi connectivity index (χ2n) is 1.49. The molecule has 64 valence electrons. The maximum absolute atomic E-state index is 9.61. The van der Waals surface area contributed by atoms with Crippen molar-refractivity contribution < 1.29 is 19.8 Å². The van der Waals surface area contributed by atoms with Gasteiger partial charge in [0.1, 0.15) is 6.21 Å². The Morgan fingerprint density at radius 2 is 1.82 bits per heavy atom. The van der Waals surface area contributed by atoms with E-state index in [1.807, 2.05) is 0 Å². The zero-order valence-electron chi connectivity index (χ0n) is 6.44. The first-order chi connectivity index (χ1) is 5.00. The van der Waals surface area contributed by atoms with Crippen LogP contribution >= 0.6 is 0 Å². The zero-order valence-corrected chi connectivity index (χ0v) is 6.44. The van der Waals surface area contributed by atoms with Crippen LogP contribution in [0.25, 0.3) is 0 Å². The van der Waals surface area contributed by atoms with Gasteiger partial charge >= 0.3 is 5.97 Å². The Bertz CT molecular complexity index is 149. The van der Waals surface area contributed by atoms with E-state index in [4.69, 9.17) is 15.0 Å². The Morgan fingerprint density at radius 1 is 1.45 bits per heavy atom. The molecule has 0 unspecified atom stereocenters. The van der Waals surface area contributed by atoms with Crippen molar-refractivity contribution >= 4 is 18.2 Å². The van der Waals surface area contributed by atoms with E-state index >= 15 is 0 Å². The summed E-state index contributed by atoms with van der Waals surface area (Å²) in [5, 5.41) is 15.3. The number of carbonyl (C=O) groups is 2. The minimum Gasteiger partial charge on any atom is -0.481 e.